The number of carbonyl (C=O) groups is 1. The summed E-state index contributed by atoms with van der Waals surface area (Å²) in [6.45, 7) is 2.93. The van der Waals surface area contributed by atoms with Crippen LogP contribution in [0.5, 0.6) is 5.75 Å². The molecule has 0 radical (unpaired) electrons. The van der Waals surface area contributed by atoms with Gasteiger partial charge in [0, 0.05) is 24.9 Å². The molecule has 1 fully saturated rings. The first-order valence-corrected chi connectivity index (χ1v) is 10.4. The van der Waals surface area contributed by atoms with E-state index < -0.39 is 5.82 Å². The van der Waals surface area contributed by atoms with Crippen LogP contribution in [0, 0.1) is 12.7 Å². The number of likely N-dealkylation sites (tertiary alicyclic amines) is 1. The first-order chi connectivity index (χ1) is 14.9. The van der Waals surface area contributed by atoms with Crippen molar-refractivity contribution in [3.63, 3.8) is 0 Å². The van der Waals surface area contributed by atoms with Crippen LogP contribution in [0.3, 0.4) is 0 Å². The predicted molar refractivity (Wildman–Crippen MR) is 119 cm³/mol. The van der Waals surface area contributed by atoms with Crippen LogP contribution < -0.4 is 4.74 Å². The van der Waals surface area contributed by atoms with E-state index in [4.69, 9.17) is 16.3 Å². The Morgan fingerprint density at radius 1 is 1.26 bits per heavy atom. The zero-order chi connectivity index (χ0) is 22.0. The highest BCUT2D eigenvalue weighted by Gasteiger charge is 2.23. The average molecular weight is 440 g/mol. The zero-order valence-electron chi connectivity index (χ0n) is 17.4. The van der Waals surface area contributed by atoms with E-state index in [-0.39, 0.29) is 10.9 Å². The highest BCUT2D eigenvalue weighted by Crippen LogP contribution is 2.28. The van der Waals surface area contributed by atoms with Crippen LogP contribution in [0.1, 0.15) is 29.7 Å². The lowest BCUT2D eigenvalue weighted by molar-refractivity contribution is -0.129. The number of amides is 1. The van der Waals surface area contributed by atoms with Crippen molar-refractivity contribution < 1.29 is 13.9 Å². The quantitative estimate of drug-likeness (QED) is 0.514. The average Bonchev–Trinajstić information content (AvgIpc) is 3.19. The summed E-state index contributed by atoms with van der Waals surface area (Å²) in [7, 11) is 1.62. The van der Waals surface area contributed by atoms with Crippen molar-refractivity contribution in [2.45, 2.75) is 26.3 Å². The minimum Gasteiger partial charge on any atom is -0.495 e. The molecule has 1 amide bonds. The van der Waals surface area contributed by atoms with Gasteiger partial charge in [-0.15, -0.1) is 0 Å². The predicted octanol–water partition coefficient (Wildman–Crippen LogP) is 5.19. The number of aryl methyl sites for hydroxylation is 1. The van der Waals surface area contributed by atoms with Crippen molar-refractivity contribution >= 4 is 23.6 Å². The Balaban J connectivity index is 1.56. The number of hydrogen-bond donors (Lipinski definition) is 0. The summed E-state index contributed by atoms with van der Waals surface area (Å²) in [6.07, 6.45) is 7.14. The highest BCUT2D eigenvalue weighted by molar-refractivity contribution is 6.30. The summed E-state index contributed by atoms with van der Waals surface area (Å²) in [5, 5.41) is 0.0811. The van der Waals surface area contributed by atoms with Gasteiger partial charge in [0.1, 0.15) is 11.6 Å². The molecule has 7 heteroatoms. The second-order valence-electron chi connectivity index (χ2n) is 7.60. The molecule has 0 spiro atoms. The maximum atomic E-state index is 13.8. The molecule has 0 unspecified atom stereocenters. The standard InChI is InChI=1S/C24H23ClFN3O2/c1-16-13-29(15-27-16)22-8-6-17(12-23(22)31-2)10-19-4-3-9-28(24(19)30)14-18-5-7-20(25)21(26)11-18/h5-8,10-13,15H,3-4,9,14H2,1-2H3/b19-10+. The summed E-state index contributed by atoms with van der Waals surface area (Å²) < 4.78 is 21.2. The molecule has 4 rings (SSSR count). The second kappa shape index (κ2) is 8.94. The summed E-state index contributed by atoms with van der Waals surface area (Å²) in [5.41, 5.74) is 4.14. The second-order valence-corrected chi connectivity index (χ2v) is 8.01. The minimum absolute atomic E-state index is 0.0325. The third-order valence-corrected chi connectivity index (χ3v) is 5.63. The fourth-order valence-corrected chi connectivity index (χ4v) is 3.88. The van der Waals surface area contributed by atoms with Gasteiger partial charge in [0.05, 0.1) is 29.8 Å². The van der Waals surface area contributed by atoms with E-state index in [1.165, 1.54) is 12.1 Å². The van der Waals surface area contributed by atoms with Gasteiger partial charge in [-0.2, -0.15) is 0 Å². The van der Waals surface area contributed by atoms with Crippen LogP contribution in [-0.2, 0) is 11.3 Å². The number of halogens is 2. The SMILES string of the molecule is COc1cc(/C=C2\CCCN(Cc3ccc(Cl)c(F)c3)C2=O)ccc1-n1cnc(C)c1. The van der Waals surface area contributed by atoms with Crippen molar-refractivity contribution in [3.8, 4) is 11.4 Å². The normalized spacial score (nSPS) is 15.5. The molecular weight excluding hydrogens is 417 g/mol. The number of methoxy groups -OCH3 is 1. The van der Waals surface area contributed by atoms with Crippen LogP contribution >= 0.6 is 11.6 Å². The van der Waals surface area contributed by atoms with Gasteiger partial charge >= 0.3 is 0 Å². The van der Waals surface area contributed by atoms with Gasteiger partial charge in [0.25, 0.3) is 0 Å². The number of rotatable bonds is 5. The molecule has 31 heavy (non-hydrogen) atoms. The molecule has 0 bridgehead atoms. The minimum atomic E-state index is -0.473. The van der Waals surface area contributed by atoms with Crippen LogP contribution in [0.15, 0.2) is 54.5 Å². The number of carbonyl (C=O) groups excluding carboxylic acids is 1. The number of aromatic nitrogens is 2. The maximum absolute atomic E-state index is 13.8. The fraction of sp³-hybridized carbons (Fsp3) is 0.250. The summed E-state index contributed by atoms with van der Waals surface area (Å²) in [5.74, 6) is 0.193. The lowest BCUT2D eigenvalue weighted by Gasteiger charge is -2.28. The Morgan fingerprint density at radius 2 is 2.10 bits per heavy atom. The number of nitrogens with zero attached hydrogens (tertiary/aromatic N) is 3. The molecule has 0 atom stereocenters. The third-order valence-electron chi connectivity index (χ3n) is 5.33. The summed E-state index contributed by atoms with van der Waals surface area (Å²) >= 11 is 5.76. The van der Waals surface area contributed by atoms with Gasteiger partial charge in [0.15, 0.2) is 0 Å². The van der Waals surface area contributed by atoms with Crippen molar-refractivity contribution in [1.29, 1.82) is 0 Å². The molecule has 1 aromatic heterocycles. The van der Waals surface area contributed by atoms with Gasteiger partial charge in [-0.3, -0.25) is 4.79 Å². The van der Waals surface area contributed by atoms with E-state index in [1.807, 2.05) is 42.0 Å². The zero-order valence-corrected chi connectivity index (χ0v) is 18.2. The van der Waals surface area contributed by atoms with Crippen LogP contribution in [-0.4, -0.2) is 34.0 Å². The molecule has 3 aromatic rings. The largest absolute Gasteiger partial charge is 0.495 e. The van der Waals surface area contributed by atoms with E-state index >= 15 is 0 Å². The lowest BCUT2D eigenvalue weighted by Crippen LogP contribution is -2.36. The Kier molecular flexibility index (Phi) is 6.09. The number of ether oxygens (including phenoxy) is 1. The number of hydrogen-bond acceptors (Lipinski definition) is 3. The fourth-order valence-electron chi connectivity index (χ4n) is 3.77. The van der Waals surface area contributed by atoms with Crippen LogP contribution in [0.4, 0.5) is 4.39 Å². The molecule has 0 aliphatic carbocycles. The molecule has 5 nitrogen and oxygen atoms in total. The molecule has 160 valence electrons. The molecule has 1 aliphatic heterocycles. The van der Waals surface area contributed by atoms with Gasteiger partial charge in [-0.1, -0.05) is 23.7 Å². The van der Waals surface area contributed by atoms with Gasteiger partial charge < -0.3 is 14.2 Å². The Bertz CT molecular complexity index is 1160. The topological polar surface area (TPSA) is 47.4 Å². The van der Waals surface area contributed by atoms with Crippen molar-refractivity contribution in [2.75, 3.05) is 13.7 Å². The molecule has 1 aliphatic rings. The molecular formula is C24H23ClFN3O2. The number of benzene rings is 2. The third kappa shape index (κ3) is 4.64. The van der Waals surface area contributed by atoms with Crippen molar-refractivity contribution in [3.05, 3.63) is 82.2 Å². The van der Waals surface area contributed by atoms with Crippen LogP contribution in [0.2, 0.25) is 5.02 Å². The summed E-state index contributed by atoms with van der Waals surface area (Å²) in [6, 6.07) is 10.5. The first kappa shape index (κ1) is 21.1. The van der Waals surface area contributed by atoms with Gasteiger partial charge in [-0.05, 0) is 61.2 Å². The monoisotopic (exact) mass is 439 g/mol. The molecule has 0 N–H and O–H groups in total. The van der Waals surface area contributed by atoms with E-state index in [2.05, 4.69) is 4.98 Å². The molecule has 2 aromatic carbocycles. The van der Waals surface area contributed by atoms with Crippen LogP contribution in [0.25, 0.3) is 11.8 Å². The summed E-state index contributed by atoms with van der Waals surface area (Å²) in [4.78, 5) is 19.0. The first-order valence-electron chi connectivity index (χ1n) is 10.1. The number of piperidine rings is 1. The van der Waals surface area contributed by atoms with Gasteiger partial charge in [0.2, 0.25) is 5.91 Å². The molecule has 1 saturated heterocycles. The Hall–Kier alpha value is -3.12. The van der Waals surface area contributed by atoms with E-state index in [1.54, 1.807) is 24.4 Å². The van der Waals surface area contributed by atoms with E-state index in [0.717, 1.165) is 34.5 Å². The van der Waals surface area contributed by atoms with E-state index in [9.17, 15) is 9.18 Å². The maximum Gasteiger partial charge on any atom is 0.250 e. The van der Waals surface area contributed by atoms with Crippen molar-refractivity contribution in [1.82, 2.24) is 14.5 Å². The smallest absolute Gasteiger partial charge is 0.250 e. The Labute approximate surface area is 185 Å². The van der Waals surface area contributed by atoms with Gasteiger partial charge in [-0.25, -0.2) is 9.37 Å². The van der Waals surface area contributed by atoms with Crippen molar-refractivity contribution in [2.24, 2.45) is 0 Å². The lowest BCUT2D eigenvalue weighted by atomic mass is 10.00. The number of imidazole rings is 1. The van der Waals surface area contributed by atoms with E-state index in [0.29, 0.717) is 25.3 Å². The molecule has 0 saturated carbocycles. The molecule has 2 heterocycles. The Morgan fingerprint density at radius 3 is 2.81 bits per heavy atom. The highest BCUT2D eigenvalue weighted by atomic mass is 35.5.